The number of benzene rings is 3. The van der Waals surface area contributed by atoms with Gasteiger partial charge in [-0.2, -0.15) is 10.4 Å². The van der Waals surface area contributed by atoms with Gasteiger partial charge in [0.15, 0.2) is 5.69 Å². The highest BCUT2D eigenvalue weighted by molar-refractivity contribution is 6.04. The quantitative estimate of drug-likeness (QED) is 0.390. The summed E-state index contributed by atoms with van der Waals surface area (Å²) in [6, 6.07) is 24.6. The van der Waals surface area contributed by atoms with E-state index in [4.69, 9.17) is 14.7 Å². The van der Waals surface area contributed by atoms with E-state index in [1.807, 2.05) is 30.3 Å². The molecule has 1 amide bonds. The number of esters is 1. The SMILES string of the molecule is CCOC(=O)c1cc(-c2cccc(NC(=O)c3cccc(C#N)c3)c2)n(-c2ccccc2OC)n1. The number of rotatable bonds is 7. The smallest absolute Gasteiger partial charge is 0.358 e. The van der Waals surface area contributed by atoms with Crippen LogP contribution in [0.2, 0.25) is 0 Å². The van der Waals surface area contributed by atoms with E-state index in [9.17, 15) is 9.59 Å². The van der Waals surface area contributed by atoms with Crippen LogP contribution in [-0.2, 0) is 4.74 Å². The van der Waals surface area contributed by atoms with Crippen molar-refractivity contribution in [3.8, 4) is 28.8 Å². The Kier molecular flexibility index (Phi) is 6.88. The number of aromatic nitrogens is 2. The fraction of sp³-hybridized carbons (Fsp3) is 0.111. The number of hydrogen-bond acceptors (Lipinski definition) is 6. The minimum Gasteiger partial charge on any atom is -0.494 e. The minimum absolute atomic E-state index is 0.149. The molecule has 0 saturated carbocycles. The van der Waals surface area contributed by atoms with Crippen LogP contribution in [0.1, 0.15) is 33.3 Å². The molecule has 0 aliphatic heterocycles. The highest BCUT2D eigenvalue weighted by Gasteiger charge is 2.20. The zero-order valence-corrected chi connectivity index (χ0v) is 19.2. The Morgan fingerprint density at radius 3 is 2.60 bits per heavy atom. The van der Waals surface area contributed by atoms with Gasteiger partial charge in [0.05, 0.1) is 31.0 Å². The van der Waals surface area contributed by atoms with Crippen molar-refractivity contribution in [3.63, 3.8) is 0 Å². The summed E-state index contributed by atoms with van der Waals surface area (Å²) in [5.74, 6) is -0.303. The minimum atomic E-state index is -0.538. The summed E-state index contributed by atoms with van der Waals surface area (Å²) in [5.41, 5.74) is 3.43. The van der Waals surface area contributed by atoms with Crippen LogP contribution < -0.4 is 10.1 Å². The Morgan fingerprint density at radius 2 is 1.83 bits per heavy atom. The Balaban J connectivity index is 1.74. The molecule has 8 heteroatoms. The van der Waals surface area contributed by atoms with Crippen LogP contribution in [0.25, 0.3) is 16.9 Å². The Bertz CT molecular complexity index is 1440. The molecule has 0 fully saturated rings. The van der Waals surface area contributed by atoms with Gasteiger partial charge in [-0.15, -0.1) is 0 Å². The molecular formula is C27H22N4O4. The van der Waals surface area contributed by atoms with Crippen molar-refractivity contribution in [2.45, 2.75) is 6.92 Å². The molecule has 174 valence electrons. The number of amides is 1. The number of nitriles is 1. The molecule has 0 aliphatic rings. The van der Waals surface area contributed by atoms with Crippen LogP contribution >= 0.6 is 0 Å². The van der Waals surface area contributed by atoms with Crippen molar-refractivity contribution in [2.24, 2.45) is 0 Å². The molecule has 0 spiro atoms. The molecule has 8 nitrogen and oxygen atoms in total. The fourth-order valence-electron chi connectivity index (χ4n) is 3.57. The molecule has 4 aromatic rings. The lowest BCUT2D eigenvalue weighted by atomic mass is 10.1. The lowest BCUT2D eigenvalue weighted by molar-refractivity contribution is 0.0518. The van der Waals surface area contributed by atoms with Gasteiger partial charge >= 0.3 is 5.97 Å². The van der Waals surface area contributed by atoms with Crippen LogP contribution in [0, 0.1) is 11.3 Å². The first-order valence-electron chi connectivity index (χ1n) is 10.9. The number of methoxy groups -OCH3 is 1. The maximum absolute atomic E-state index is 12.8. The lowest BCUT2D eigenvalue weighted by Gasteiger charge is -2.12. The standard InChI is InChI=1S/C27H22N4O4/c1-3-35-27(33)22-16-24(31(30-22)23-12-4-5-13-25(23)34-2)19-9-7-11-21(15-19)29-26(32)20-10-6-8-18(14-20)17-28/h4-16H,3H2,1-2H3,(H,29,32). The Hall–Kier alpha value is -4.90. The molecule has 1 N–H and O–H groups in total. The molecule has 0 bridgehead atoms. The van der Waals surface area contributed by atoms with Crippen molar-refractivity contribution >= 4 is 17.6 Å². The molecule has 1 heterocycles. The molecule has 0 atom stereocenters. The van der Waals surface area contributed by atoms with E-state index in [0.29, 0.717) is 39.5 Å². The van der Waals surface area contributed by atoms with Gasteiger partial charge in [0, 0.05) is 16.8 Å². The zero-order chi connectivity index (χ0) is 24.8. The molecule has 4 rings (SSSR count). The van der Waals surface area contributed by atoms with E-state index in [2.05, 4.69) is 10.4 Å². The normalized spacial score (nSPS) is 10.3. The first-order valence-corrected chi connectivity index (χ1v) is 10.9. The number of carbonyl (C=O) groups excluding carboxylic acids is 2. The molecule has 3 aromatic carbocycles. The Labute approximate surface area is 202 Å². The van der Waals surface area contributed by atoms with Gasteiger partial charge in [0.25, 0.3) is 5.91 Å². The molecular weight excluding hydrogens is 444 g/mol. The molecule has 0 aliphatic carbocycles. The van der Waals surface area contributed by atoms with Crippen molar-refractivity contribution in [1.82, 2.24) is 9.78 Å². The third-order valence-corrected chi connectivity index (χ3v) is 5.18. The highest BCUT2D eigenvalue weighted by atomic mass is 16.5. The fourth-order valence-corrected chi connectivity index (χ4v) is 3.57. The topological polar surface area (TPSA) is 106 Å². The first kappa shape index (κ1) is 23.3. The third kappa shape index (κ3) is 5.04. The van der Waals surface area contributed by atoms with Crippen LogP contribution in [-0.4, -0.2) is 35.4 Å². The van der Waals surface area contributed by atoms with Crippen LogP contribution in [0.5, 0.6) is 5.75 Å². The molecule has 0 unspecified atom stereocenters. The molecule has 0 radical (unpaired) electrons. The summed E-state index contributed by atoms with van der Waals surface area (Å²) in [6.07, 6.45) is 0. The second-order valence-electron chi connectivity index (χ2n) is 7.45. The number of nitrogens with one attached hydrogen (secondary N) is 1. The summed E-state index contributed by atoms with van der Waals surface area (Å²) in [6.45, 7) is 1.96. The number of para-hydroxylation sites is 2. The number of hydrogen-bond donors (Lipinski definition) is 1. The summed E-state index contributed by atoms with van der Waals surface area (Å²) in [4.78, 5) is 25.2. The second-order valence-corrected chi connectivity index (χ2v) is 7.45. The number of anilines is 1. The van der Waals surface area contributed by atoms with E-state index in [-0.39, 0.29) is 18.2 Å². The molecule has 1 aromatic heterocycles. The van der Waals surface area contributed by atoms with Crippen LogP contribution in [0.15, 0.2) is 78.9 Å². The van der Waals surface area contributed by atoms with Crippen molar-refractivity contribution in [2.75, 3.05) is 19.0 Å². The van der Waals surface area contributed by atoms with Gasteiger partial charge in [-0.3, -0.25) is 4.79 Å². The average molecular weight is 466 g/mol. The predicted octanol–water partition coefficient (Wildman–Crippen LogP) is 4.85. The van der Waals surface area contributed by atoms with Gasteiger partial charge in [0.1, 0.15) is 11.4 Å². The van der Waals surface area contributed by atoms with Crippen LogP contribution in [0.4, 0.5) is 5.69 Å². The van der Waals surface area contributed by atoms with E-state index >= 15 is 0 Å². The van der Waals surface area contributed by atoms with E-state index in [1.165, 1.54) is 6.07 Å². The number of nitrogens with zero attached hydrogens (tertiary/aromatic N) is 3. The number of ether oxygens (including phenoxy) is 2. The summed E-state index contributed by atoms with van der Waals surface area (Å²) in [7, 11) is 1.56. The monoisotopic (exact) mass is 466 g/mol. The lowest BCUT2D eigenvalue weighted by Crippen LogP contribution is -2.12. The van der Waals surface area contributed by atoms with Gasteiger partial charge in [-0.1, -0.05) is 30.3 Å². The van der Waals surface area contributed by atoms with Gasteiger partial charge in [-0.25, -0.2) is 9.48 Å². The van der Waals surface area contributed by atoms with Crippen LogP contribution in [0.3, 0.4) is 0 Å². The zero-order valence-electron chi connectivity index (χ0n) is 19.2. The average Bonchev–Trinajstić information content (AvgIpc) is 3.34. The largest absolute Gasteiger partial charge is 0.494 e. The van der Waals surface area contributed by atoms with Gasteiger partial charge in [0.2, 0.25) is 0 Å². The first-order chi connectivity index (χ1) is 17.0. The third-order valence-electron chi connectivity index (χ3n) is 5.18. The van der Waals surface area contributed by atoms with Gasteiger partial charge in [-0.05, 0) is 55.5 Å². The number of carbonyl (C=O) groups is 2. The Morgan fingerprint density at radius 1 is 1.03 bits per heavy atom. The van der Waals surface area contributed by atoms with E-state index < -0.39 is 5.97 Å². The van der Waals surface area contributed by atoms with E-state index in [0.717, 1.165) is 0 Å². The summed E-state index contributed by atoms with van der Waals surface area (Å²) >= 11 is 0. The van der Waals surface area contributed by atoms with Crippen molar-refractivity contribution in [3.05, 3.63) is 95.7 Å². The van der Waals surface area contributed by atoms with Crippen molar-refractivity contribution in [1.29, 1.82) is 5.26 Å². The summed E-state index contributed by atoms with van der Waals surface area (Å²) in [5, 5.41) is 16.4. The van der Waals surface area contributed by atoms with Crippen molar-refractivity contribution < 1.29 is 19.1 Å². The maximum atomic E-state index is 12.8. The maximum Gasteiger partial charge on any atom is 0.358 e. The summed E-state index contributed by atoms with van der Waals surface area (Å²) < 4.78 is 12.3. The van der Waals surface area contributed by atoms with Gasteiger partial charge < -0.3 is 14.8 Å². The highest BCUT2D eigenvalue weighted by Crippen LogP contribution is 2.30. The molecule has 35 heavy (non-hydrogen) atoms. The molecule has 0 saturated heterocycles. The van der Waals surface area contributed by atoms with E-state index in [1.54, 1.807) is 67.2 Å². The predicted molar refractivity (Wildman–Crippen MR) is 131 cm³/mol. The second kappa shape index (κ2) is 10.4.